The minimum Gasteiger partial charge on any atom is -0.381 e. The maximum absolute atomic E-state index is 12.6. The molecule has 8 heteroatoms. The van der Waals surface area contributed by atoms with Gasteiger partial charge in [-0.25, -0.2) is 0 Å². The predicted molar refractivity (Wildman–Crippen MR) is 78.2 cm³/mol. The van der Waals surface area contributed by atoms with Crippen LogP contribution in [0.1, 0.15) is 42.6 Å². The summed E-state index contributed by atoms with van der Waals surface area (Å²) in [6.07, 6.45) is -2.83. The molecule has 5 nitrogen and oxygen atoms in total. The first-order chi connectivity index (χ1) is 10.7. The number of alkyl halides is 3. The van der Waals surface area contributed by atoms with Crippen molar-refractivity contribution in [1.82, 2.24) is 15.1 Å². The second-order valence-corrected chi connectivity index (χ2v) is 5.97. The van der Waals surface area contributed by atoms with E-state index in [-0.39, 0.29) is 11.9 Å². The summed E-state index contributed by atoms with van der Waals surface area (Å²) in [5.41, 5.74) is 1.41. The van der Waals surface area contributed by atoms with Gasteiger partial charge in [-0.15, -0.1) is 0 Å². The molecule has 1 fully saturated rings. The standard InChI is InChI=1S/C15H22F3N3O2/c1-9(14(22)19-12-4-6-23-7-5-12)13-10(2)20-21(11(13)3)8-15(16,17)18/h9,12H,4-8H2,1-3H3,(H,19,22). The van der Waals surface area contributed by atoms with Crippen LogP contribution in [-0.4, -0.2) is 41.1 Å². The van der Waals surface area contributed by atoms with Gasteiger partial charge >= 0.3 is 6.18 Å². The molecule has 0 aliphatic carbocycles. The molecule has 1 unspecified atom stereocenters. The molecule has 0 saturated carbocycles. The van der Waals surface area contributed by atoms with Crippen LogP contribution < -0.4 is 5.32 Å². The molecule has 2 heterocycles. The van der Waals surface area contributed by atoms with Crippen molar-refractivity contribution in [2.24, 2.45) is 0 Å². The van der Waals surface area contributed by atoms with Crippen LogP contribution >= 0.6 is 0 Å². The number of halogens is 3. The molecule has 1 atom stereocenters. The Bertz CT molecular complexity index is 563. The van der Waals surface area contributed by atoms with Crippen LogP contribution in [0.3, 0.4) is 0 Å². The third-order valence-corrected chi connectivity index (χ3v) is 4.16. The summed E-state index contributed by atoms with van der Waals surface area (Å²) < 4.78 is 43.9. The second kappa shape index (κ2) is 6.90. The highest BCUT2D eigenvalue weighted by molar-refractivity contribution is 5.84. The molecule has 23 heavy (non-hydrogen) atoms. The molecule has 1 aliphatic heterocycles. The van der Waals surface area contributed by atoms with Gasteiger partial charge in [0, 0.05) is 30.5 Å². The number of aromatic nitrogens is 2. The Morgan fingerprint density at radius 3 is 2.57 bits per heavy atom. The fourth-order valence-electron chi connectivity index (χ4n) is 2.96. The molecule has 1 aliphatic rings. The predicted octanol–water partition coefficient (Wildman–Crippen LogP) is 2.46. The van der Waals surface area contributed by atoms with Crippen LogP contribution in [0.25, 0.3) is 0 Å². The van der Waals surface area contributed by atoms with E-state index >= 15 is 0 Å². The molecule has 1 N–H and O–H groups in total. The van der Waals surface area contributed by atoms with Crippen LogP contribution in [0.15, 0.2) is 0 Å². The summed E-state index contributed by atoms with van der Waals surface area (Å²) in [4.78, 5) is 12.4. The van der Waals surface area contributed by atoms with E-state index in [2.05, 4.69) is 10.4 Å². The third kappa shape index (κ3) is 4.46. The number of rotatable bonds is 4. The van der Waals surface area contributed by atoms with Crippen molar-refractivity contribution in [3.63, 3.8) is 0 Å². The lowest BCUT2D eigenvalue weighted by molar-refractivity contribution is -0.143. The molecular formula is C15H22F3N3O2. The Hall–Kier alpha value is -1.57. The van der Waals surface area contributed by atoms with Crippen molar-refractivity contribution >= 4 is 5.91 Å². The lowest BCUT2D eigenvalue weighted by Gasteiger charge is -2.25. The molecule has 1 aromatic rings. The zero-order valence-electron chi connectivity index (χ0n) is 13.5. The topological polar surface area (TPSA) is 56.2 Å². The van der Waals surface area contributed by atoms with Gasteiger partial charge in [-0.1, -0.05) is 0 Å². The van der Waals surface area contributed by atoms with Gasteiger partial charge in [0.2, 0.25) is 5.91 Å². The van der Waals surface area contributed by atoms with Gasteiger partial charge in [0.05, 0.1) is 11.6 Å². The minimum atomic E-state index is -4.34. The van der Waals surface area contributed by atoms with Crippen molar-refractivity contribution < 1.29 is 22.7 Å². The van der Waals surface area contributed by atoms with Crippen molar-refractivity contribution in [2.75, 3.05) is 13.2 Å². The highest BCUT2D eigenvalue weighted by Gasteiger charge is 2.32. The molecule has 2 rings (SSSR count). The summed E-state index contributed by atoms with van der Waals surface area (Å²) in [7, 11) is 0. The molecule has 1 aromatic heterocycles. The summed E-state index contributed by atoms with van der Waals surface area (Å²) in [5, 5.41) is 6.89. The molecule has 0 spiro atoms. The fourth-order valence-corrected chi connectivity index (χ4v) is 2.96. The smallest absolute Gasteiger partial charge is 0.381 e. The van der Waals surface area contributed by atoms with Crippen LogP contribution in [0.4, 0.5) is 13.2 Å². The lowest BCUT2D eigenvalue weighted by atomic mass is 9.97. The van der Waals surface area contributed by atoms with Crippen molar-refractivity contribution in [1.29, 1.82) is 0 Å². The average molecular weight is 333 g/mol. The van der Waals surface area contributed by atoms with Gasteiger partial charge in [-0.05, 0) is 33.6 Å². The van der Waals surface area contributed by atoms with E-state index in [1.165, 1.54) is 0 Å². The largest absolute Gasteiger partial charge is 0.408 e. The summed E-state index contributed by atoms with van der Waals surface area (Å²) in [6.45, 7) is 4.98. The average Bonchev–Trinajstić information content (AvgIpc) is 2.71. The normalized spacial score (nSPS) is 18.0. The van der Waals surface area contributed by atoms with Crippen molar-refractivity contribution in [3.8, 4) is 0 Å². The molecule has 0 radical (unpaired) electrons. The molecule has 0 aromatic carbocycles. The van der Waals surface area contributed by atoms with Gasteiger partial charge < -0.3 is 10.1 Å². The number of hydrogen-bond donors (Lipinski definition) is 1. The molecule has 0 bridgehead atoms. The Morgan fingerprint density at radius 2 is 2.00 bits per heavy atom. The van der Waals surface area contributed by atoms with E-state index in [4.69, 9.17) is 4.74 Å². The summed E-state index contributed by atoms with van der Waals surface area (Å²) >= 11 is 0. The highest BCUT2D eigenvalue weighted by atomic mass is 19.4. The number of hydrogen-bond acceptors (Lipinski definition) is 3. The van der Waals surface area contributed by atoms with Gasteiger partial charge in [-0.3, -0.25) is 9.48 Å². The van der Waals surface area contributed by atoms with Gasteiger partial charge in [0.1, 0.15) is 6.54 Å². The maximum atomic E-state index is 12.6. The Balaban J connectivity index is 2.11. The lowest BCUT2D eigenvalue weighted by Crippen LogP contribution is -2.41. The van der Waals surface area contributed by atoms with Crippen molar-refractivity contribution in [2.45, 2.75) is 58.3 Å². The number of carbonyl (C=O) groups excluding carboxylic acids is 1. The molecule has 1 amide bonds. The van der Waals surface area contributed by atoms with Crippen LogP contribution in [0.5, 0.6) is 0 Å². The quantitative estimate of drug-likeness (QED) is 0.921. The maximum Gasteiger partial charge on any atom is 0.408 e. The van der Waals surface area contributed by atoms with E-state index in [0.717, 1.165) is 17.5 Å². The highest BCUT2D eigenvalue weighted by Crippen LogP contribution is 2.26. The van der Waals surface area contributed by atoms with Crippen LogP contribution in [-0.2, 0) is 16.1 Å². The molecule has 1 saturated heterocycles. The van der Waals surface area contributed by atoms with Gasteiger partial charge in [0.25, 0.3) is 0 Å². The van der Waals surface area contributed by atoms with Gasteiger partial charge in [0.15, 0.2) is 0 Å². The number of ether oxygens (including phenoxy) is 1. The Morgan fingerprint density at radius 1 is 1.39 bits per heavy atom. The van der Waals surface area contributed by atoms with E-state index < -0.39 is 18.6 Å². The Labute approximate surface area is 133 Å². The summed E-state index contributed by atoms with van der Waals surface area (Å²) in [5.74, 6) is -0.727. The minimum absolute atomic E-state index is 0.0598. The first-order valence-electron chi connectivity index (χ1n) is 7.68. The SMILES string of the molecule is Cc1nn(CC(F)(F)F)c(C)c1C(C)C(=O)NC1CCOCC1. The molecule has 130 valence electrons. The number of amides is 1. The summed E-state index contributed by atoms with van der Waals surface area (Å²) in [6, 6.07) is 0.0598. The van der Waals surface area contributed by atoms with Crippen LogP contribution in [0.2, 0.25) is 0 Å². The fraction of sp³-hybridized carbons (Fsp3) is 0.733. The molecular weight excluding hydrogens is 311 g/mol. The number of nitrogens with zero attached hydrogens (tertiary/aromatic N) is 2. The third-order valence-electron chi connectivity index (χ3n) is 4.16. The van der Waals surface area contributed by atoms with E-state index in [0.29, 0.717) is 30.2 Å². The van der Waals surface area contributed by atoms with Crippen LogP contribution in [0, 0.1) is 13.8 Å². The van der Waals surface area contributed by atoms with E-state index in [9.17, 15) is 18.0 Å². The zero-order valence-corrected chi connectivity index (χ0v) is 13.5. The first kappa shape index (κ1) is 17.8. The Kier molecular flexibility index (Phi) is 5.33. The number of nitrogens with one attached hydrogen (secondary N) is 1. The zero-order chi connectivity index (χ0) is 17.2. The first-order valence-corrected chi connectivity index (χ1v) is 7.68. The number of aryl methyl sites for hydroxylation is 1. The second-order valence-electron chi connectivity index (χ2n) is 5.97. The van der Waals surface area contributed by atoms with E-state index in [1.807, 2.05) is 0 Å². The van der Waals surface area contributed by atoms with E-state index in [1.54, 1.807) is 20.8 Å². The number of carbonyl (C=O) groups is 1. The monoisotopic (exact) mass is 333 g/mol. The van der Waals surface area contributed by atoms with Gasteiger partial charge in [-0.2, -0.15) is 18.3 Å². The van der Waals surface area contributed by atoms with Crippen molar-refractivity contribution in [3.05, 3.63) is 17.0 Å².